The molecule has 2 aromatic carbocycles. The molecular weight excluding hydrogens is 428 g/mol. The first kappa shape index (κ1) is 22.0. The highest BCUT2D eigenvalue weighted by atomic mass is 35.5. The summed E-state index contributed by atoms with van der Waals surface area (Å²) in [7, 11) is 0. The van der Waals surface area contributed by atoms with E-state index in [1.165, 1.54) is 22.3 Å². The minimum Gasteiger partial charge on any atom is -0.465 e. The van der Waals surface area contributed by atoms with Gasteiger partial charge in [-0.3, -0.25) is 14.6 Å². The SMILES string of the molecule is CC(=O)OCCN1CCN(CC#CC2=Cc3ccccc3Sc3ccc(Cl)cc32)CC1. The lowest BCUT2D eigenvalue weighted by molar-refractivity contribution is -0.141. The number of hydrogen-bond acceptors (Lipinski definition) is 5. The topological polar surface area (TPSA) is 32.8 Å². The average molecular weight is 453 g/mol. The zero-order valence-electron chi connectivity index (χ0n) is 17.6. The summed E-state index contributed by atoms with van der Waals surface area (Å²) >= 11 is 8.06. The third-order valence-electron chi connectivity index (χ3n) is 5.37. The fourth-order valence-electron chi connectivity index (χ4n) is 3.69. The number of halogens is 1. The van der Waals surface area contributed by atoms with Crippen molar-refractivity contribution in [1.82, 2.24) is 9.80 Å². The van der Waals surface area contributed by atoms with Gasteiger partial charge in [-0.05, 0) is 35.9 Å². The van der Waals surface area contributed by atoms with Gasteiger partial charge in [-0.15, -0.1) is 0 Å². The third kappa shape index (κ3) is 5.93. The van der Waals surface area contributed by atoms with E-state index in [1.807, 2.05) is 12.1 Å². The van der Waals surface area contributed by atoms with Gasteiger partial charge in [-0.25, -0.2) is 0 Å². The number of piperazine rings is 1. The van der Waals surface area contributed by atoms with Crippen molar-refractivity contribution in [3.05, 3.63) is 58.6 Å². The van der Waals surface area contributed by atoms with E-state index in [0.717, 1.165) is 55.4 Å². The Morgan fingerprint density at radius 2 is 1.87 bits per heavy atom. The normalized spacial score (nSPS) is 16.3. The van der Waals surface area contributed by atoms with Crippen molar-refractivity contribution >= 4 is 41.0 Å². The van der Waals surface area contributed by atoms with Gasteiger partial charge < -0.3 is 4.74 Å². The molecule has 0 aromatic heterocycles. The van der Waals surface area contributed by atoms with Gasteiger partial charge in [0.1, 0.15) is 6.61 Å². The van der Waals surface area contributed by atoms with Gasteiger partial charge in [0.15, 0.2) is 0 Å². The first-order chi connectivity index (χ1) is 15.1. The van der Waals surface area contributed by atoms with Crippen molar-refractivity contribution in [2.24, 2.45) is 0 Å². The van der Waals surface area contributed by atoms with E-state index in [9.17, 15) is 4.79 Å². The standard InChI is InChI=1S/C25H25ClN2O2S/c1-19(29)30-16-15-28-13-11-27(12-14-28)10-4-6-20-17-21-5-2-3-7-24(21)31-25-9-8-22(26)18-23(20)25/h2-3,5,7-9,17-18H,10-16H2,1H3. The van der Waals surface area contributed by atoms with Crippen molar-refractivity contribution < 1.29 is 9.53 Å². The summed E-state index contributed by atoms with van der Waals surface area (Å²) in [5.41, 5.74) is 3.29. The van der Waals surface area contributed by atoms with Gasteiger partial charge in [0.05, 0.1) is 6.54 Å². The molecule has 0 unspecified atom stereocenters. The first-order valence-corrected chi connectivity index (χ1v) is 11.6. The summed E-state index contributed by atoms with van der Waals surface area (Å²) in [6.45, 7) is 7.31. The monoisotopic (exact) mass is 452 g/mol. The second-order valence-electron chi connectivity index (χ2n) is 7.60. The van der Waals surface area contributed by atoms with Crippen molar-refractivity contribution in [3.63, 3.8) is 0 Å². The minimum absolute atomic E-state index is 0.217. The lowest BCUT2D eigenvalue weighted by atomic mass is 10.0. The number of esters is 1. The van der Waals surface area contributed by atoms with E-state index in [4.69, 9.17) is 16.3 Å². The number of benzene rings is 2. The quantitative estimate of drug-likeness (QED) is 0.502. The van der Waals surface area contributed by atoms with Crippen molar-refractivity contribution in [1.29, 1.82) is 0 Å². The molecule has 0 aliphatic carbocycles. The van der Waals surface area contributed by atoms with Crippen LogP contribution in [0.1, 0.15) is 18.1 Å². The molecule has 160 valence electrons. The molecule has 0 spiro atoms. The van der Waals surface area contributed by atoms with Crippen LogP contribution >= 0.6 is 23.4 Å². The second-order valence-corrected chi connectivity index (χ2v) is 9.12. The molecule has 0 atom stereocenters. The molecule has 2 aromatic rings. The zero-order chi connectivity index (χ0) is 21.6. The fraction of sp³-hybridized carbons (Fsp3) is 0.320. The smallest absolute Gasteiger partial charge is 0.302 e. The Balaban J connectivity index is 1.42. The lowest BCUT2D eigenvalue weighted by Gasteiger charge is -2.33. The Morgan fingerprint density at radius 1 is 1.10 bits per heavy atom. The third-order valence-corrected chi connectivity index (χ3v) is 6.78. The molecular formula is C25H25ClN2O2S. The number of fused-ring (bicyclic) bond motifs is 2. The molecule has 0 radical (unpaired) electrons. The van der Waals surface area contributed by atoms with Gasteiger partial charge in [-0.2, -0.15) is 0 Å². The van der Waals surface area contributed by atoms with Gasteiger partial charge >= 0.3 is 5.97 Å². The Hall–Kier alpha value is -2.23. The highest BCUT2D eigenvalue weighted by molar-refractivity contribution is 7.99. The number of ether oxygens (including phenoxy) is 1. The van der Waals surface area contributed by atoms with E-state index >= 15 is 0 Å². The Labute approximate surface area is 193 Å². The summed E-state index contributed by atoms with van der Waals surface area (Å²) in [5, 5.41) is 0.725. The van der Waals surface area contributed by atoms with Crippen LogP contribution in [0.5, 0.6) is 0 Å². The molecule has 31 heavy (non-hydrogen) atoms. The van der Waals surface area contributed by atoms with Gasteiger partial charge in [0, 0.05) is 65.6 Å². The van der Waals surface area contributed by atoms with Crippen LogP contribution in [0, 0.1) is 11.8 Å². The van der Waals surface area contributed by atoms with Crippen molar-refractivity contribution in [2.75, 3.05) is 45.9 Å². The molecule has 4 rings (SSSR count). The number of hydrogen-bond donors (Lipinski definition) is 0. The number of carbonyl (C=O) groups excluding carboxylic acids is 1. The highest BCUT2D eigenvalue weighted by Gasteiger charge is 2.17. The van der Waals surface area contributed by atoms with Crippen LogP contribution in [0.25, 0.3) is 11.6 Å². The molecule has 4 nitrogen and oxygen atoms in total. The molecule has 0 saturated carbocycles. The average Bonchev–Trinajstić information content (AvgIpc) is 2.91. The maximum atomic E-state index is 10.9. The van der Waals surface area contributed by atoms with E-state index in [2.05, 4.69) is 58.0 Å². The zero-order valence-corrected chi connectivity index (χ0v) is 19.1. The van der Waals surface area contributed by atoms with Crippen LogP contribution in [0.4, 0.5) is 0 Å². The molecule has 2 heterocycles. The molecule has 0 bridgehead atoms. The van der Waals surface area contributed by atoms with E-state index in [0.29, 0.717) is 6.61 Å². The van der Waals surface area contributed by atoms with E-state index in [1.54, 1.807) is 11.8 Å². The van der Waals surface area contributed by atoms with Crippen molar-refractivity contribution in [3.8, 4) is 11.8 Å². The molecule has 6 heteroatoms. The number of rotatable bonds is 4. The summed E-state index contributed by atoms with van der Waals surface area (Å²) in [6.07, 6.45) is 2.17. The lowest BCUT2D eigenvalue weighted by Crippen LogP contribution is -2.47. The van der Waals surface area contributed by atoms with Crippen LogP contribution < -0.4 is 0 Å². The number of nitrogens with zero attached hydrogens (tertiary/aromatic N) is 2. The van der Waals surface area contributed by atoms with Gasteiger partial charge in [0.25, 0.3) is 0 Å². The van der Waals surface area contributed by atoms with Crippen molar-refractivity contribution in [2.45, 2.75) is 16.7 Å². The molecule has 0 N–H and O–H groups in total. The molecule has 0 amide bonds. The van der Waals surface area contributed by atoms with Crippen LogP contribution in [-0.4, -0.2) is 61.6 Å². The molecule has 1 saturated heterocycles. The summed E-state index contributed by atoms with van der Waals surface area (Å²) in [6, 6.07) is 14.4. The second kappa shape index (κ2) is 10.4. The summed E-state index contributed by atoms with van der Waals surface area (Å²) < 4.78 is 5.04. The Kier molecular flexibility index (Phi) is 7.37. The Bertz CT molecular complexity index is 1050. The van der Waals surface area contributed by atoms with Crippen LogP contribution in [0.3, 0.4) is 0 Å². The number of allylic oxidation sites excluding steroid dienone is 1. The predicted molar refractivity (Wildman–Crippen MR) is 127 cm³/mol. The van der Waals surface area contributed by atoms with Crippen LogP contribution in [-0.2, 0) is 9.53 Å². The summed E-state index contributed by atoms with van der Waals surface area (Å²) in [4.78, 5) is 18.0. The van der Waals surface area contributed by atoms with E-state index in [-0.39, 0.29) is 5.97 Å². The van der Waals surface area contributed by atoms with Crippen LogP contribution in [0.15, 0.2) is 52.3 Å². The maximum Gasteiger partial charge on any atom is 0.302 e. The minimum atomic E-state index is -0.217. The summed E-state index contributed by atoms with van der Waals surface area (Å²) in [5.74, 6) is 6.58. The van der Waals surface area contributed by atoms with E-state index < -0.39 is 0 Å². The molecule has 2 aliphatic rings. The maximum absolute atomic E-state index is 10.9. The predicted octanol–water partition coefficient (Wildman–Crippen LogP) is 4.53. The first-order valence-electron chi connectivity index (χ1n) is 10.4. The fourth-order valence-corrected chi connectivity index (χ4v) is 4.90. The largest absolute Gasteiger partial charge is 0.465 e. The molecule has 2 aliphatic heterocycles. The Morgan fingerprint density at radius 3 is 2.68 bits per heavy atom. The molecule has 1 fully saturated rings. The highest BCUT2D eigenvalue weighted by Crippen LogP contribution is 2.41. The number of carbonyl (C=O) groups is 1. The van der Waals surface area contributed by atoms with Crippen LogP contribution in [0.2, 0.25) is 5.02 Å². The van der Waals surface area contributed by atoms with Gasteiger partial charge in [0.2, 0.25) is 0 Å². The van der Waals surface area contributed by atoms with Gasteiger partial charge in [-0.1, -0.05) is 53.4 Å².